The molecule has 3 rings (SSSR count). The van der Waals surface area contributed by atoms with Gasteiger partial charge in [-0.2, -0.15) is 0 Å². The molecule has 0 aromatic carbocycles. The van der Waals surface area contributed by atoms with E-state index in [0.29, 0.717) is 17.9 Å². The highest BCUT2D eigenvalue weighted by Crippen LogP contribution is 2.27. The van der Waals surface area contributed by atoms with Gasteiger partial charge in [-0.05, 0) is 25.7 Å². The van der Waals surface area contributed by atoms with E-state index in [2.05, 4.69) is 10.3 Å². The largest absolute Gasteiger partial charge is 0.365 e. The quantitative estimate of drug-likeness (QED) is 0.614. The Morgan fingerprint density at radius 3 is 2.50 bits per heavy atom. The van der Waals surface area contributed by atoms with Crippen molar-refractivity contribution in [1.29, 1.82) is 0 Å². The fourth-order valence-electron chi connectivity index (χ4n) is 2.82. The SMILES string of the molecule is NC(=O)c1cc([N+](=O)[O-])cnc1N1CCC(NC2CC2)CC1. The molecule has 2 fully saturated rings. The molecule has 0 atom stereocenters. The van der Waals surface area contributed by atoms with Crippen molar-refractivity contribution in [2.45, 2.75) is 37.8 Å². The maximum Gasteiger partial charge on any atom is 0.288 e. The second-order valence-corrected chi connectivity index (χ2v) is 5.89. The van der Waals surface area contributed by atoms with Gasteiger partial charge in [0.15, 0.2) is 0 Å². The molecule has 1 aliphatic carbocycles. The molecule has 0 spiro atoms. The molecule has 2 heterocycles. The predicted molar refractivity (Wildman–Crippen MR) is 80.8 cm³/mol. The second-order valence-electron chi connectivity index (χ2n) is 5.89. The average Bonchev–Trinajstić information content (AvgIpc) is 3.31. The van der Waals surface area contributed by atoms with E-state index in [0.717, 1.165) is 25.9 Å². The number of carbonyl (C=O) groups excluding carboxylic acids is 1. The van der Waals surface area contributed by atoms with Gasteiger partial charge in [-0.15, -0.1) is 0 Å². The lowest BCUT2D eigenvalue weighted by molar-refractivity contribution is -0.385. The molecule has 0 unspecified atom stereocenters. The summed E-state index contributed by atoms with van der Waals surface area (Å²) in [6, 6.07) is 2.38. The lowest BCUT2D eigenvalue weighted by Crippen LogP contribution is -2.44. The number of nitrogens with two attached hydrogens (primary N) is 1. The number of aromatic nitrogens is 1. The first-order valence-electron chi connectivity index (χ1n) is 7.50. The minimum Gasteiger partial charge on any atom is -0.365 e. The van der Waals surface area contributed by atoms with Gasteiger partial charge in [0.2, 0.25) is 0 Å². The van der Waals surface area contributed by atoms with Gasteiger partial charge < -0.3 is 16.0 Å². The number of nitrogens with zero attached hydrogens (tertiary/aromatic N) is 3. The molecule has 0 radical (unpaired) electrons. The number of anilines is 1. The molecule has 1 saturated carbocycles. The highest BCUT2D eigenvalue weighted by molar-refractivity contribution is 5.98. The van der Waals surface area contributed by atoms with E-state index in [1.165, 1.54) is 25.1 Å². The second kappa shape index (κ2) is 5.88. The van der Waals surface area contributed by atoms with Gasteiger partial charge in [0, 0.05) is 31.2 Å². The minimum absolute atomic E-state index is 0.114. The highest BCUT2D eigenvalue weighted by Gasteiger charge is 2.29. The summed E-state index contributed by atoms with van der Waals surface area (Å²) in [5, 5.41) is 14.4. The number of primary amides is 1. The van der Waals surface area contributed by atoms with Crippen molar-refractivity contribution < 1.29 is 9.72 Å². The first-order chi connectivity index (χ1) is 10.5. The van der Waals surface area contributed by atoms with Crippen LogP contribution in [0.2, 0.25) is 0 Å². The van der Waals surface area contributed by atoms with Gasteiger partial charge in [-0.25, -0.2) is 4.98 Å². The third-order valence-electron chi connectivity index (χ3n) is 4.17. The molecule has 3 N–H and O–H groups in total. The van der Waals surface area contributed by atoms with E-state index in [1.807, 2.05) is 4.90 Å². The van der Waals surface area contributed by atoms with E-state index in [-0.39, 0.29) is 11.3 Å². The maximum atomic E-state index is 11.6. The zero-order valence-corrected chi connectivity index (χ0v) is 12.2. The Balaban J connectivity index is 1.73. The normalized spacial score (nSPS) is 19.2. The van der Waals surface area contributed by atoms with Crippen LogP contribution in [0.4, 0.5) is 11.5 Å². The molecule has 1 amide bonds. The maximum absolute atomic E-state index is 11.6. The number of hydrogen-bond donors (Lipinski definition) is 2. The molecular formula is C14H19N5O3. The number of hydrogen-bond acceptors (Lipinski definition) is 6. The molecule has 8 nitrogen and oxygen atoms in total. The van der Waals surface area contributed by atoms with Gasteiger partial charge in [0.1, 0.15) is 12.0 Å². The van der Waals surface area contributed by atoms with Crippen molar-refractivity contribution in [2.75, 3.05) is 18.0 Å². The number of amides is 1. The van der Waals surface area contributed by atoms with Gasteiger partial charge >= 0.3 is 0 Å². The highest BCUT2D eigenvalue weighted by atomic mass is 16.6. The zero-order chi connectivity index (χ0) is 15.7. The first-order valence-corrected chi connectivity index (χ1v) is 7.50. The molecule has 8 heteroatoms. The fraction of sp³-hybridized carbons (Fsp3) is 0.571. The number of carbonyl (C=O) groups is 1. The van der Waals surface area contributed by atoms with Gasteiger partial charge in [0.05, 0.1) is 10.5 Å². The smallest absolute Gasteiger partial charge is 0.288 e. The van der Waals surface area contributed by atoms with Crippen LogP contribution in [0.15, 0.2) is 12.3 Å². The van der Waals surface area contributed by atoms with E-state index in [1.54, 1.807) is 0 Å². The van der Waals surface area contributed by atoms with Crippen LogP contribution >= 0.6 is 0 Å². The van der Waals surface area contributed by atoms with Crippen LogP contribution in [-0.2, 0) is 0 Å². The molecule has 1 aromatic rings. The topological polar surface area (TPSA) is 114 Å². The van der Waals surface area contributed by atoms with E-state index < -0.39 is 10.8 Å². The number of nitrogens with one attached hydrogen (secondary N) is 1. The van der Waals surface area contributed by atoms with Crippen molar-refractivity contribution >= 4 is 17.4 Å². The Morgan fingerprint density at radius 1 is 1.32 bits per heavy atom. The van der Waals surface area contributed by atoms with Crippen molar-refractivity contribution in [2.24, 2.45) is 5.73 Å². The Morgan fingerprint density at radius 2 is 1.95 bits per heavy atom. The van der Waals surface area contributed by atoms with E-state index in [9.17, 15) is 14.9 Å². The van der Waals surface area contributed by atoms with Crippen LogP contribution in [0.25, 0.3) is 0 Å². The van der Waals surface area contributed by atoms with Crippen LogP contribution in [0.1, 0.15) is 36.0 Å². The lowest BCUT2D eigenvalue weighted by atomic mass is 10.0. The summed E-state index contributed by atoms with van der Waals surface area (Å²) in [6.07, 6.45) is 5.63. The van der Waals surface area contributed by atoms with E-state index in [4.69, 9.17) is 5.73 Å². The van der Waals surface area contributed by atoms with Gasteiger partial charge in [0.25, 0.3) is 11.6 Å². The molecular weight excluding hydrogens is 286 g/mol. The number of rotatable bonds is 5. The van der Waals surface area contributed by atoms with Crippen LogP contribution in [0.5, 0.6) is 0 Å². The van der Waals surface area contributed by atoms with Gasteiger partial charge in [-0.3, -0.25) is 14.9 Å². The van der Waals surface area contributed by atoms with E-state index >= 15 is 0 Å². The molecule has 1 aromatic heterocycles. The summed E-state index contributed by atoms with van der Waals surface area (Å²) in [6.45, 7) is 1.52. The van der Waals surface area contributed by atoms with Crippen molar-refractivity contribution in [3.05, 3.63) is 27.9 Å². The summed E-state index contributed by atoms with van der Waals surface area (Å²) < 4.78 is 0. The molecule has 1 aliphatic heterocycles. The van der Waals surface area contributed by atoms with Crippen molar-refractivity contribution in [3.63, 3.8) is 0 Å². The van der Waals surface area contributed by atoms with Crippen LogP contribution in [0.3, 0.4) is 0 Å². The molecule has 0 bridgehead atoms. The van der Waals surface area contributed by atoms with Crippen LogP contribution in [-0.4, -0.2) is 41.0 Å². The molecule has 118 valence electrons. The Bertz CT molecular complexity index is 594. The lowest BCUT2D eigenvalue weighted by Gasteiger charge is -2.34. The summed E-state index contributed by atoms with van der Waals surface area (Å²) in [7, 11) is 0. The predicted octanol–water partition coefficient (Wildman–Crippen LogP) is 0.809. The van der Waals surface area contributed by atoms with Crippen LogP contribution in [0, 0.1) is 10.1 Å². The fourth-order valence-corrected chi connectivity index (χ4v) is 2.82. The number of piperidine rings is 1. The standard InChI is InChI=1S/C14H19N5O3/c15-13(20)12-7-11(19(21)22)8-16-14(12)18-5-3-10(4-6-18)17-9-1-2-9/h7-10,17H,1-6H2,(H2,15,20). The molecule has 22 heavy (non-hydrogen) atoms. The average molecular weight is 305 g/mol. The first kappa shape index (κ1) is 14.7. The van der Waals surface area contributed by atoms with Crippen molar-refractivity contribution in [3.8, 4) is 0 Å². The summed E-state index contributed by atoms with van der Waals surface area (Å²) in [5.41, 5.74) is 5.25. The zero-order valence-electron chi connectivity index (χ0n) is 12.2. The van der Waals surface area contributed by atoms with Gasteiger partial charge in [-0.1, -0.05) is 0 Å². The third kappa shape index (κ3) is 3.16. The Hall–Kier alpha value is -2.22. The summed E-state index contributed by atoms with van der Waals surface area (Å²) in [5.74, 6) is -0.243. The number of nitro groups is 1. The Labute approximate surface area is 127 Å². The van der Waals surface area contributed by atoms with Crippen molar-refractivity contribution in [1.82, 2.24) is 10.3 Å². The molecule has 1 saturated heterocycles. The monoisotopic (exact) mass is 305 g/mol. The third-order valence-corrected chi connectivity index (χ3v) is 4.17. The van der Waals surface area contributed by atoms with Crippen LogP contribution < -0.4 is 16.0 Å². The summed E-state index contributed by atoms with van der Waals surface area (Å²) >= 11 is 0. The minimum atomic E-state index is -0.690. The number of pyridine rings is 1. The summed E-state index contributed by atoms with van der Waals surface area (Å²) in [4.78, 5) is 27.9. The Kier molecular flexibility index (Phi) is 3.93. The molecule has 2 aliphatic rings.